The maximum Gasteiger partial charge on any atom is 0.250 e. The lowest BCUT2D eigenvalue weighted by atomic mass is 10.0. The Labute approximate surface area is 92.8 Å². The smallest absolute Gasteiger partial charge is 0.250 e. The minimum Gasteiger partial charge on any atom is -0.328 e. The molecule has 3 heteroatoms. The predicted octanol–water partition coefficient (Wildman–Crippen LogP) is 2.80. The number of benzene rings is 1. The summed E-state index contributed by atoms with van der Waals surface area (Å²) in [5.41, 5.74) is 3.13. The summed E-state index contributed by atoms with van der Waals surface area (Å²) in [6.07, 6.45) is 1.61. The van der Waals surface area contributed by atoms with E-state index in [4.69, 9.17) is 0 Å². The Hall–Kier alpha value is -1.90. The first kappa shape index (κ1) is 10.6. The summed E-state index contributed by atoms with van der Waals surface area (Å²) >= 11 is 0. The van der Waals surface area contributed by atoms with Crippen LogP contribution in [0.15, 0.2) is 35.3 Å². The number of halogens is 1. The first-order valence-electron chi connectivity index (χ1n) is 5.04. The Balaban J connectivity index is 2.62. The molecule has 0 spiro atoms. The second-order valence-electron chi connectivity index (χ2n) is 3.86. The van der Waals surface area contributed by atoms with Gasteiger partial charge in [0.15, 0.2) is 0 Å². The minimum atomic E-state index is -0.274. The van der Waals surface area contributed by atoms with Gasteiger partial charge in [0.2, 0.25) is 0 Å². The highest BCUT2D eigenvalue weighted by Gasteiger charge is 2.05. The number of aromatic amines is 1. The highest BCUT2D eigenvalue weighted by Crippen LogP contribution is 2.23. The lowest BCUT2D eigenvalue weighted by molar-refractivity contribution is 0.628. The Morgan fingerprint density at radius 3 is 2.56 bits per heavy atom. The molecule has 0 bridgehead atoms. The minimum absolute atomic E-state index is 0.113. The van der Waals surface area contributed by atoms with Crippen LogP contribution in [0.25, 0.3) is 11.1 Å². The van der Waals surface area contributed by atoms with Gasteiger partial charge < -0.3 is 4.98 Å². The number of hydrogen-bond acceptors (Lipinski definition) is 1. The number of H-pyrrole nitrogens is 1. The van der Waals surface area contributed by atoms with E-state index in [9.17, 15) is 9.18 Å². The molecule has 1 N–H and O–H groups in total. The highest BCUT2D eigenvalue weighted by molar-refractivity contribution is 5.66. The van der Waals surface area contributed by atoms with Gasteiger partial charge in [-0.15, -0.1) is 0 Å². The van der Waals surface area contributed by atoms with Crippen molar-refractivity contribution in [1.29, 1.82) is 0 Å². The predicted molar refractivity (Wildman–Crippen MR) is 61.9 cm³/mol. The Kier molecular flexibility index (Phi) is 2.60. The van der Waals surface area contributed by atoms with Crippen molar-refractivity contribution in [3.05, 3.63) is 57.8 Å². The van der Waals surface area contributed by atoms with Gasteiger partial charge in [-0.05, 0) is 48.7 Å². The number of rotatable bonds is 1. The Morgan fingerprint density at radius 1 is 1.12 bits per heavy atom. The van der Waals surface area contributed by atoms with E-state index >= 15 is 0 Å². The molecule has 1 aromatic heterocycles. The Morgan fingerprint density at radius 2 is 1.88 bits per heavy atom. The number of pyridine rings is 1. The second kappa shape index (κ2) is 3.93. The van der Waals surface area contributed by atoms with Crippen molar-refractivity contribution in [3.63, 3.8) is 0 Å². The maximum atomic E-state index is 13.1. The third-order valence-corrected chi connectivity index (χ3v) is 2.60. The van der Waals surface area contributed by atoms with E-state index in [2.05, 4.69) is 4.98 Å². The fourth-order valence-corrected chi connectivity index (χ4v) is 1.66. The molecule has 2 aromatic rings. The fraction of sp³-hybridized carbons (Fsp3) is 0.154. The van der Waals surface area contributed by atoms with Crippen LogP contribution in [0.5, 0.6) is 0 Å². The SMILES string of the molecule is Cc1ccc(F)cc1-c1c[nH]c(=O)c(C)c1. The van der Waals surface area contributed by atoms with Crippen molar-refractivity contribution in [2.45, 2.75) is 13.8 Å². The zero-order valence-electron chi connectivity index (χ0n) is 9.17. The summed E-state index contributed by atoms with van der Waals surface area (Å²) in [5, 5.41) is 0. The second-order valence-corrected chi connectivity index (χ2v) is 3.86. The molecule has 2 nitrogen and oxygen atoms in total. The van der Waals surface area contributed by atoms with E-state index in [1.54, 1.807) is 25.3 Å². The largest absolute Gasteiger partial charge is 0.328 e. The van der Waals surface area contributed by atoms with Gasteiger partial charge in [0.1, 0.15) is 5.82 Å². The number of nitrogens with one attached hydrogen (secondary N) is 1. The highest BCUT2D eigenvalue weighted by atomic mass is 19.1. The van der Waals surface area contributed by atoms with Gasteiger partial charge in [-0.3, -0.25) is 4.79 Å². The summed E-state index contributed by atoms with van der Waals surface area (Å²) in [6, 6.07) is 6.39. The molecule has 0 fully saturated rings. The van der Waals surface area contributed by atoms with Crippen molar-refractivity contribution >= 4 is 0 Å². The molecule has 0 aliphatic carbocycles. The van der Waals surface area contributed by atoms with Gasteiger partial charge in [0.25, 0.3) is 5.56 Å². The zero-order chi connectivity index (χ0) is 11.7. The van der Waals surface area contributed by atoms with Crippen LogP contribution in [0.3, 0.4) is 0 Å². The molecule has 0 saturated heterocycles. The third kappa shape index (κ3) is 1.89. The van der Waals surface area contributed by atoms with Crippen LogP contribution in [0, 0.1) is 19.7 Å². The topological polar surface area (TPSA) is 32.9 Å². The van der Waals surface area contributed by atoms with E-state index in [1.807, 2.05) is 6.92 Å². The number of hydrogen-bond donors (Lipinski definition) is 1. The molecule has 0 atom stereocenters. The molecule has 16 heavy (non-hydrogen) atoms. The van der Waals surface area contributed by atoms with Gasteiger partial charge in [-0.2, -0.15) is 0 Å². The van der Waals surface area contributed by atoms with Crippen LogP contribution in [-0.4, -0.2) is 4.98 Å². The Bertz CT molecular complexity index is 587. The van der Waals surface area contributed by atoms with E-state index in [-0.39, 0.29) is 11.4 Å². The molecular weight excluding hydrogens is 205 g/mol. The van der Waals surface area contributed by atoms with Crippen molar-refractivity contribution in [2.75, 3.05) is 0 Å². The molecule has 82 valence electrons. The van der Waals surface area contributed by atoms with Crippen LogP contribution in [0.2, 0.25) is 0 Å². The first-order valence-corrected chi connectivity index (χ1v) is 5.04. The van der Waals surface area contributed by atoms with E-state index in [1.165, 1.54) is 12.1 Å². The number of aryl methyl sites for hydroxylation is 2. The zero-order valence-corrected chi connectivity index (χ0v) is 9.17. The average molecular weight is 217 g/mol. The quantitative estimate of drug-likeness (QED) is 0.782. The standard InChI is InChI=1S/C13H12FNO/c1-8-3-4-11(14)6-12(8)10-5-9(2)13(16)15-7-10/h3-7H,1-2H3,(H,15,16). The summed E-state index contributed by atoms with van der Waals surface area (Å²) in [5.74, 6) is -0.274. The molecular formula is C13H12FNO. The normalized spacial score (nSPS) is 10.4. The summed E-state index contributed by atoms with van der Waals surface area (Å²) in [7, 11) is 0. The summed E-state index contributed by atoms with van der Waals surface area (Å²) in [4.78, 5) is 13.9. The lowest BCUT2D eigenvalue weighted by Crippen LogP contribution is -2.08. The van der Waals surface area contributed by atoms with Gasteiger partial charge >= 0.3 is 0 Å². The van der Waals surface area contributed by atoms with Crippen molar-refractivity contribution < 1.29 is 4.39 Å². The van der Waals surface area contributed by atoms with Crippen molar-refractivity contribution in [2.24, 2.45) is 0 Å². The summed E-state index contributed by atoms with van der Waals surface area (Å²) < 4.78 is 13.1. The molecule has 0 amide bonds. The molecule has 0 saturated carbocycles. The van der Waals surface area contributed by atoms with Crippen molar-refractivity contribution in [3.8, 4) is 11.1 Å². The molecule has 1 heterocycles. The van der Waals surface area contributed by atoms with Crippen LogP contribution in [0.1, 0.15) is 11.1 Å². The van der Waals surface area contributed by atoms with Gasteiger partial charge in [-0.25, -0.2) is 4.39 Å². The van der Waals surface area contributed by atoms with Crippen LogP contribution < -0.4 is 5.56 Å². The molecule has 2 rings (SSSR count). The van der Waals surface area contributed by atoms with Gasteiger partial charge in [0, 0.05) is 11.8 Å². The van der Waals surface area contributed by atoms with Gasteiger partial charge in [0.05, 0.1) is 0 Å². The monoisotopic (exact) mass is 217 g/mol. The molecule has 0 radical (unpaired) electrons. The van der Waals surface area contributed by atoms with E-state index in [0.717, 1.165) is 16.7 Å². The lowest BCUT2D eigenvalue weighted by Gasteiger charge is -2.06. The van der Waals surface area contributed by atoms with Crippen LogP contribution in [0.4, 0.5) is 4.39 Å². The van der Waals surface area contributed by atoms with Gasteiger partial charge in [-0.1, -0.05) is 6.07 Å². The maximum absolute atomic E-state index is 13.1. The molecule has 0 aliphatic heterocycles. The van der Waals surface area contributed by atoms with E-state index < -0.39 is 0 Å². The average Bonchev–Trinajstić information content (AvgIpc) is 2.26. The third-order valence-electron chi connectivity index (χ3n) is 2.60. The van der Waals surface area contributed by atoms with Crippen LogP contribution >= 0.6 is 0 Å². The fourth-order valence-electron chi connectivity index (χ4n) is 1.66. The van der Waals surface area contributed by atoms with Crippen LogP contribution in [-0.2, 0) is 0 Å². The molecule has 0 aliphatic rings. The van der Waals surface area contributed by atoms with E-state index in [0.29, 0.717) is 5.56 Å². The molecule has 1 aromatic carbocycles. The summed E-state index contributed by atoms with van der Waals surface area (Å²) in [6.45, 7) is 3.65. The number of aromatic nitrogens is 1. The first-order chi connectivity index (χ1) is 7.58. The van der Waals surface area contributed by atoms with Crippen molar-refractivity contribution in [1.82, 2.24) is 4.98 Å². The molecule has 0 unspecified atom stereocenters.